The quantitative estimate of drug-likeness (QED) is 0.766. The van der Waals surface area contributed by atoms with Crippen molar-refractivity contribution in [2.24, 2.45) is 0 Å². The van der Waals surface area contributed by atoms with E-state index in [4.69, 9.17) is 0 Å². The van der Waals surface area contributed by atoms with Gasteiger partial charge >= 0.3 is 0 Å². The second-order valence-electron chi connectivity index (χ2n) is 4.59. The van der Waals surface area contributed by atoms with Crippen LogP contribution < -0.4 is 4.90 Å². The van der Waals surface area contributed by atoms with Crippen molar-refractivity contribution in [1.29, 1.82) is 0 Å². The fraction of sp³-hybridized carbons (Fsp3) is 0.267. The van der Waals surface area contributed by atoms with Crippen molar-refractivity contribution in [3.8, 4) is 0 Å². The average Bonchev–Trinajstić information content (AvgIpc) is 2.88. The Morgan fingerprint density at radius 2 is 2.11 bits per heavy atom. The Balaban J connectivity index is 2.39. The average molecular weight is 277 g/mol. The summed E-state index contributed by atoms with van der Waals surface area (Å²) < 4.78 is 13.7. The molecule has 0 unspecified atom stereocenters. The number of hydrogen-bond acceptors (Lipinski definition) is 3. The van der Waals surface area contributed by atoms with E-state index < -0.39 is 5.82 Å². The highest BCUT2D eigenvalue weighted by Crippen LogP contribution is 2.26. The van der Waals surface area contributed by atoms with Gasteiger partial charge in [0.25, 0.3) is 0 Å². The lowest BCUT2D eigenvalue weighted by Gasteiger charge is -2.29. The third kappa shape index (κ3) is 3.01. The highest BCUT2D eigenvalue weighted by atomic mass is 32.1. The van der Waals surface area contributed by atoms with Crippen molar-refractivity contribution >= 4 is 23.3 Å². The minimum atomic E-state index is -0.468. The number of carbonyl (C=O) groups is 1. The molecule has 0 spiro atoms. The van der Waals surface area contributed by atoms with Gasteiger partial charge in [-0.25, -0.2) is 4.39 Å². The van der Waals surface area contributed by atoms with Crippen LogP contribution in [0.5, 0.6) is 0 Å². The highest BCUT2D eigenvalue weighted by molar-refractivity contribution is 7.09. The number of anilines is 1. The highest BCUT2D eigenvalue weighted by Gasteiger charge is 2.17. The molecule has 1 aromatic heterocycles. The van der Waals surface area contributed by atoms with Gasteiger partial charge in [-0.2, -0.15) is 0 Å². The van der Waals surface area contributed by atoms with Crippen LogP contribution in [0.15, 0.2) is 35.7 Å². The standard InChI is InChI=1S/C15H16FNOS/c1-11(2)17(9-12-5-4-8-19-12)15-7-3-6-14(16)13(15)10-18/h3-8,10-11H,9H2,1-2H3. The Morgan fingerprint density at radius 1 is 1.32 bits per heavy atom. The van der Waals surface area contributed by atoms with Crippen molar-refractivity contribution in [2.45, 2.75) is 26.4 Å². The van der Waals surface area contributed by atoms with Gasteiger partial charge in [0.2, 0.25) is 0 Å². The summed E-state index contributed by atoms with van der Waals surface area (Å²) in [6, 6.07) is 8.96. The Kier molecular flexibility index (Phi) is 4.32. The number of carbonyl (C=O) groups excluding carboxylic acids is 1. The molecule has 0 aliphatic carbocycles. The van der Waals surface area contributed by atoms with E-state index in [1.54, 1.807) is 23.5 Å². The number of hydrogen-bond donors (Lipinski definition) is 0. The maximum Gasteiger partial charge on any atom is 0.155 e. The predicted octanol–water partition coefficient (Wildman–Crippen LogP) is 4.11. The molecule has 100 valence electrons. The normalized spacial score (nSPS) is 10.7. The maximum atomic E-state index is 13.7. The lowest BCUT2D eigenvalue weighted by atomic mass is 10.1. The van der Waals surface area contributed by atoms with Crippen molar-refractivity contribution < 1.29 is 9.18 Å². The summed E-state index contributed by atoms with van der Waals surface area (Å²) in [5, 5.41) is 2.01. The van der Waals surface area contributed by atoms with Gasteiger partial charge in [-0.15, -0.1) is 11.3 Å². The Morgan fingerprint density at radius 3 is 2.68 bits per heavy atom. The van der Waals surface area contributed by atoms with Crippen LogP contribution in [0.3, 0.4) is 0 Å². The summed E-state index contributed by atoms with van der Waals surface area (Å²) in [5.41, 5.74) is 0.783. The van der Waals surface area contributed by atoms with Crippen molar-refractivity contribution in [2.75, 3.05) is 4.90 Å². The predicted molar refractivity (Wildman–Crippen MR) is 77.4 cm³/mol. The number of nitrogens with zero attached hydrogens (tertiary/aromatic N) is 1. The summed E-state index contributed by atoms with van der Waals surface area (Å²) in [5.74, 6) is -0.468. The Bertz CT molecular complexity index is 551. The third-order valence-electron chi connectivity index (χ3n) is 2.99. The van der Waals surface area contributed by atoms with Gasteiger partial charge < -0.3 is 4.90 Å². The summed E-state index contributed by atoms with van der Waals surface area (Å²) in [6.07, 6.45) is 0.592. The minimum Gasteiger partial charge on any atom is -0.363 e. The van der Waals surface area contributed by atoms with Crippen LogP contribution in [0.4, 0.5) is 10.1 Å². The molecular weight excluding hydrogens is 261 g/mol. The smallest absolute Gasteiger partial charge is 0.155 e. The molecule has 2 nitrogen and oxygen atoms in total. The van der Waals surface area contributed by atoms with Crippen molar-refractivity contribution in [1.82, 2.24) is 0 Å². The van der Waals surface area contributed by atoms with Crippen LogP contribution >= 0.6 is 11.3 Å². The molecule has 1 aromatic carbocycles. The number of aldehydes is 1. The summed E-state index contributed by atoms with van der Waals surface area (Å²) in [4.78, 5) is 14.3. The maximum absolute atomic E-state index is 13.7. The lowest BCUT2D eigenvalue weighted by molar-refractivity contribution is 0.112. The molecule has 0 saturated carbocycles. The first-order chi connectivity index (χ1) is 9.13. The molecule has 0 fully saturated rings. The fourth-order valence-electron chi connectivity index (χ4n) is 2.01. The number of benzene rings is 1. The van der Waals surface area contributed by atoms with Crippen LogP contribution in [-0.2, 0) is 6.54 Å². The molecule has 2 aromatic rings. The lowest BCUT2D eigenvalue weighted by Crippen LogP contribution is -2.30. The first kappa shape index (κ1) is 13.7. The van der Waals surface area contributed by atoms with E-state index in [9.17, 15) is 9.18 Å². The van der Waals surface area contributed by atoms with Crippen LogP contribution in [-0.4, -0.2) is 12.3 Å². The molecule has 0 N–H and O–H groups in total. The number of rotatable bonds is 5. The van der Waals surface area contributed by atoms with E-state index in [0.29, 0.717) is 18.5 Å². The number of thiophene rings is 1. The SMILES string of the molecule is CC(C)N(Cc1cccs1)c1cccc(F)c1C=O. The topological polar surface area (TPSA) is 20.3 Å². The zero-order valence-electron chi connectivity index (χ0n) is 11.0. The van der Waals surface area contributed by atoms with Crippen LogP contribution in [0.2, 0.25) is 0 Å². The van der Waals surface area contributed by atoms with Gasteiger partial charge in [0.1, 0.15) is 5.82 Å². The van der Waals surface area contributed by atoms with Crippen LogP contribution in [0.1, 0.15) is 29.1 Å². The molecule has 0 aliphatic rings. The van der Waals surface area contributed by atoms with E-state index in [2.05, 4.69) is 0 Å². The van der Waals surface area contributed by atoms with Crippen molar-refractivity contribution in [3.63, 3.8) is 0 Å². The van der Waals surface area contributed by atoms with E-state index in [1.165, 1.54) is 10.9 Å². The van der Waals surface area contributed by atoms with Gasteiger partial charge in [-0.3, -0.25) is 4.79 Å². The van der Waals surface area contributed by atoms with E-state index >= 15 is 0 Å². The first-order valence-electron chi connectivity index (χ1n) is 6.16. The molecular formula is C15H16FNOS. The molecule has 2 rings (SSSR count). The van der Waals surface area contributed by atoms with Gasteiger partial charge in [0.15, 0.2) is 6.29 Å². The molecule has 0 amide bonds. The summed E-state index contributed by atoms with van der Waals surface area (Å²) in [7, 11) is 0. The minimum absolute atomic E-state index is 0.132. The summed E-state index contributed by atoms with van der Waals surface area (Å²) in [6.45, 7) is 4.75. The second kappa shape index (κ2) is 5.97. The molecule has 4 heteroatoms. The zero-order chi connectivity index (χ0) is 13.8. The Labute approximate surface area is 116 Å². The van der Waals surface area contributed by atoms with Crippen LogP contribution in [0, 0.1) is 5.82 Å². The largest absolute Gasteiger partial charge is 0.363 e. The molecule has 0 bridgehead atoms. The monoisotopic (exact) mass is 277 g/mol. The molecule has 19 heavy (non-hydrogen) atoms. The zero-order valence-corrected chi connectivity index (χ0v) is 11.8. The van der Waals surface area contributed by atoms with Crippen LogP contribution in [0.25, 0.3) is 0 Å². The molecule has 0 radical (unpaired) electrons. The van der Waals surface area contributed by atoms with Gasteiger partial charge in [-0.1, -0.05) is 12.1 Å². The molecule has 0 atom stereocenters. The number of halogens is 1. The Hall–Kier alpha value is -1.68. The van der Waals surface area contributed by atoms with E-state index in [-0.39, 0.29) is 11.6 Å². The van der Waals surface area contributed by atoms with E-state index in [1.807, 2.05) is 36.3 Å². The van der Waals surface area contributed by atoms with Crippen molar-refractivity contribution in [3.05, 3.63) is 52.0 Å². The molecule has 0 saturated heterocycles. The fourth-order valence-corrected chi connectivity index (χ4v) is 2.71. The van der Waals surface area contributed by atoms with Gasteiger partial charge in [0, 0.05) is 10.9 Å². The van der Waals surface area contributed by atoms with Gasteiger partial charge in [-0.05, 0) is 37.4 Å². The molecule has 0 aliphatic heterocycles. The van der Waals surface area contributed by atoms with E-state index in [0.717, 1.165) is 0 Å². The third-order valence-corrected chi connectivity index (χ3v) is 3.85. The molecule has 1 heterocycles. The van der Waals surface area contributed by atoms with Gasteiger partial charge in [0.05, 0.1) is 17.8 Å². The second-order valence-corrected chi connectivity index (χ2v) is 5.62. The summed E-state index contributed by atoms with van der Waals surface area (Å²) >= 11 is 1.66. The first-order valence-corrected chi connectivity index (χ1v) is 7.04.